The summed E-state index contributed by atoms with van der Waals surface area (Å²) >= 11 is 0. The van der Waals surface area contributed by atoms with Crippen molar-refractivity contribution in [1.29, 1.82) is 0 Å². The Balaban J connectivity index is 1.07. The zero-order chi connectivity index (χ0) is 35.4. The zero-order valence-electron chi connectivity index (χ0n) is 29.6. The van der Waals surface area contributed by atoms with Crippen molar-refractivity contribution in [2.24, 2.45) is 0 Å². The number of nitrogens with one attached hydrogen (secondary N) is 1. The number of imidazole rings is 1. The lowest BCUT2D eigenvalue weighted by atomic mass is 9.71. The van der Waals surface area contributed by atoms with E-state index >= 15 is 0 Å². The van der Waals surface area contributed by atoms with Crippen LogP contribution in [0.5, 0.6) is 17.2 Å². The van der Waals surface area contributed by atoms with Gasteiger partial charge in [-0.1, -0.05) is 24.3 Å². The van der Waals surface area contributed by atoms with Crippen LogP contribution in [0.4, 0.5) is 10.3 Å². The Kier molecular flexibility index (Phi) is 10.2. The monoisotopic (exact) mass is 695 g/mol. The maximum absolute atomic E-state index is 14.2. The Hall–Kier alpha value is -5.03. The fourth-order valence-corrected chi connectivity index (χ4v) is 7.94. The van der Waals surface area contributed by atoms with Gasteiger partial charge in [0.15, 0.2) is 11.5 Å². The van der Waals surface area contributed by atoms with Gasteiger partial charge in [-0.2, -0.15) is 0 Å². The van der Waals surface area contributed by atoms with Gasteiger partial charge in [-0.15, -0.1) is 0 Å². The fourth-order valence-electron chi connectivity index (χ4n) is 7.94. The first kappa shape index (κ1) is 34.4. The number of halogens is 1. The number of rotatable bonds is 12. The van der Waals surface area contributed by atoms with E-state index in [0.717, 1.165) is 79.8 Å². The highest BCUT2D eigenvalue weighted by atomic mass is 19.1. The van der Waals surface area contributed by atoms with Crippen LogP contribution in [0.1, 0.15) is 53.6 Å². The number of benzene rings is 3. The third-order valence-corrected chi connectivity index (χ3v) is 10.7. The van der Waals surface area contributed by atoms with E-state index in [2.05, 4.69) is 20.9 Å². The number of carbonyl (C=O) groups is 1. The topological polar surface area (TPSA) is 96.3 Å². The van der Waals surface area contributed by atoms with E-state index in [-0.39, 0.29) is 17.1 Å². The summed E-state index contributed by atoms with van der Waals surface area (Å²) in [5, 5.41) is 0. The number of methoxy groups -OCH3 is 3. The second-order valence-corrected chi connectivity index (χ2v) is 13.7. The van der Waals surface area contributed by atoms with Crippen molar-refractivity contribution in [3.63, 3.8) is 0 Å². The molecule has 51 heavy (non-hydrogen) atoms. The molecule has 2 saturated heterocycles. The molecule has 4 heterocycles. The number of nitrogens with zero attached hydrogens (tertiary/aromatic N) is 4. The number of furan rings is 1. The van der Waals surface area contributed by atoms with Gasteiger partial charge in [-0.05, 0) is 86.7 Å². The lowest BCUT2D eigenvalue weighted by molar-refractivity contribution is 0.0605. The zero-order valence-corrected chi connectivity index (χ0v) is 29.6. The smallest absolute Gasteiger partial charge is 0.254 e. The number of piperidine rings is 2. The summed E-state index contributed by atoms with van der Waals surface area (Å²) in [5.41, 5.74) is 4.32. The first-order chi connectivity index (χ1) is 24.9. The SMILES string of the molecule is COc1cc(C(=O)N2CCCC(CCN3CCC(N(Cc4ccoc4)c4nc5ccccc5[nH]4)CC3)(c3ccc(F)cc3)C2)cc(OC)c1OC. The molecule has 5 aromatic rings. The van der Waals surface area contributed by atoms with Crippen LogP contribution in [0.2, 0.25) is 0 Å². The van der Waals surface area contributed by atoms with E-state index in [1.807, 2.05) is 41.3 Å². The van der Waals surface area contributed by atoms with Crippen molar-refractivity contribution in [1.82, 2.24) is 19.8 Å². The van der Waals surface area contributed by atoms with Crippen LogP contribution in [-0.2, 0) is 12.0 Å². The van der Waals surface area contributed by atoms with Crippen LogP contribution in [0.15, 0.2) is 83.7 Å². The van der Waals surface area contributed by atoms with Crippen molar-refractivity contribution in [2.45, 2.75) is 50.1 Å². The Morgan fingerprint density at radius 3 is 2.41 bits per heavy atom. The molecular weight excluding hydrogens is 649 g/mol. The van der Waals surface area contributed by atoms with Gasteiger partial charge < -0.3 is 38.3 Å². The van der Waals surface area contributed by atoms with Crippen LogP contribution in [0.25, 0.3) is 11.0 Å². The van der Waals surface area contributed by atoms with Crippen LogP contribution in [0.3, 0.4) is 0 Å². The highest BCUT2D eigenvalue weighted by Gasteiger charge is 2.40. The Labute approximate surface area is 298 Å². The van der Waals surface area contributed by atoms with Crippen molar-refractivity contribution in [2.75, 3.05) is 59.0 Å². The molecule has 0 spiro atoms. The van der Waals surface area contributed by atoms with E-state index in [1.54, 1.807) is 46.0 Å². The number of ether oxygens (including phenoxy) is 3. The van der Waals surface area contributed by atoms with Gasteiger partial charge >= 0.3 is 0 Å². The average Bonchev–Trinajstić information content (AvgIpc) is 3.86. The molecule has 2 fully saturated rings. The molecule has 1 atom stereocenters. The number of aromatic nitrogens is 2. The van der Waals surface area contributed by atoms with E-state index in [4.69, 9.17) is 23.6 Å². The first-order valence-electron chi connectivity index (χ1n) is 17.7. The highest BCUT2D eigenvalue weighted by Crippen LogP contribution is 2.41. The van der Waals surface area contributed by atoms with Crippen LogP contribution >= 0.6 is 0 Å². The number of carbonyl (C=O) groups excluding carboxylic acids is 1. The van der Waals surface area contributed by atoms with Gasteiger partial charge in [0, 0.05) is 55.3 Å². The Morgan fingerprint density at radius 1 is 1.00 bits per heavy atom. The molecule has 0 saturated carbocycles. The van der Waals surface area contributed by atoms with Gasteiger partial charge in [0.25, 0.3) is 5.91 Å². The van der Waals surface area contributed by atoms with Gasteiger partial charge in [-0.3, -0.25) is 4.79 Å². The number of anilines is 1. The summed E-state index contributed by atoms with van der Waals surface area (Å²) in [5.74, 6) is 1.85. The van der Waals surface area contributed by atoms with Gasteiger partial charge in [-0.25, -0.2) is 9.37 Å². The second kappa shape index (κ2) is 15.1. The summed E-state index contributed by atoms with van der Waals surface area (Å²) < 4.78 is 36.1. The number of hydrogen-bond donors (Lipinski definition) is 1. The molecule has 2 aliphatic rings. The number of aromatic amines is 1. The first-order valence-corrected chi connectivity index (χ1v) is 17.7. The molecule has 10 nitrogen and oxygen atoms in total. The molecule has 0 radical (unpaired) electrons. The Morgan fingerprint density at radius 2 is 1.75 bits per heavy atom. The van der Waals surface area contributed by atoms with Crippen molar-refractivity contribution in [3.05, 3.63) is 102 Å². The maximum Gasteiger partial charge on any atom is 0.254 e. The fraction of sp³-hybridized carbons (Fsp3) is 0.400. The Bertz CT molecular complexity index is 1860. The molecule has 11 heteroatoms. The predicted molar refractivity (Wildman–Crippen MR) is 194 cm³/mol. The molecule has 3 aromatic carbocycles. The number of amides is 1. The molecule has 0 aliphatic carbocycles. The minimum absolute atomic E-state index is 0.0930. The predicted octanol–water partition coefficient (Wildman–Crippen LogP) is 7.06. The number of H-pyrrole nitrogens is 1. The molecule has 1 amide bonds. The number of hydrogen-bond acceptors (Lipinski definition) is 8. The standard InChI is InChI=1S/C40H46FN5O5/c1-48-35-23-29(24-36(49-2)37(35)50-3)38(47)45-18-6-16-40(27-45,30-9-11-31(41)12-10-30)17-21-44-19-13-32(14-20-44)46(25-28-15-22-51-26-28)39-42-33-7-4-5-8-34(33)43-39/h4-5,7-12,15,22-24,26,32H,6,13-14,16-21,25,27H2,1-3H3,(H,42,43). The molecular formula is C40H46FN5O5. The van der Waals surface area contributed by atoms with Gasteiger partial charge in [0.2, 0.25) is 11.7 Å². The largest absolute Gasteiger partial charge is 0.493 e. The van der Waals surface area contributed by atoms with E-state index in [9.17, 15) is 9.18 Å². The molecule has 268 valence electrons. The summed E-state index contributed by atoms with van der Waals surface area (Å²) in [4.78, 5) is 29.4. The van der Waals surface area contributed by atoms with E-state index in [0.29, 0.717) is 48.5 Å². The summed E-state index contributed by atoms with van der Waals surface area (Å²) in [7, 11) is 4.64. The lowest BCUT2D eigenvalue weighted by Gasteiger charge is -2.45. The highest BCUT2D eigenvalue weighted by molar-refractivity contribution is 5.96. The maximum atomic E-state index is 14.2. The molecule has 1 N–H and O–H groups in total. The number of fused-ring (bicyclic) bond motifs is 1. The van der Waals surface area contributed by atoms with Crippen LogP contribution in [-0.4, -0.2) is 85.8 Å². The molecule has 2 aromatic heterocycles. The number of para-hydroxylation sites is 2. The van der Waals surface area contributed by atoms with Crippen molar-refractivity contribution < 1.29 is 27.8 Å². The van der Waals surface area contributed by atoms with Gasteiger partial charge in [0.05, 0.1) is 44.9 Å². The molecule has 1 unspecified atom stereocenters. The minimum atomic E-state index is -0.319. The lowest BCUT2D eigenvalue weighted by Crippen LogP contribution is -2.51. The normalized spacial score (nSPS) is 18.5. The molecule has 0 bridgehead atoms. The quantitative estimate of drug-likeness (QED) is 0.148. The summed E-state index contributed by atoms with van der Waals surface area (Å²) in [6.07, 6.45) is 8.11. The number of likely N-dealkylation sites (tertiary alicyclic amines) is 2. The minimum Gasteiger partial charge on any atom is -0.493 e. The van der Waals surface area contributed by atoms with Crippen LogP contribution in [0, 0.1) is 5.82 Å². The molecule has 2 aliphatic heterocycles. The third kappa shape index (κ3) is 7.26. The van der Waals surface area contributed by atoms with E-state index in [1.165, 1.54) is 12.1 Å². The second-order valence-electron chi connectivity index (χ2n) is 13.7. The van der Waals surface area contributed by atoms with Crippen molar-refractivity contribution >= 4 is 22.9 Å². The van der Waals surface area contributed by atoms with E-state index < -0.39 is 0 Å². The molecule has 7 rings (SSSR count). The summed E-state index contributed by atoms with van der Waals surface area (Å²) in [6, 6.07) is 20.8. The summed E-state index contributed by atoms with van der Waals surface area (Å²) in [6.45, 7) is 4.65. The average molecular weight is 696 g/mol. The third-order valence-electron chi connectivity index (χ3n) is 10.7. The van der Waals surface area contributed by atoms with Crippen LogP contribution < -0.4 is 19.1 Å². The van der Waals surface area contributed by atoms with Crippen molar-refractivity contribution in [3.8, 4) is 17.2 Å². The van der Waals surface area contributed by atoms with Gasteiger partial charge in [0.1, 0.15) is 5.82 Å².